The number of H-pyrrole nitrogens is 1. The van der Waals surface area contributed by atoms with Gasteiger partial charge in [0, 0.05) is 11.6 Å². The van der Waals surface area contributed by atoms with Crippen LogP contribution < -0.4 is 4.72 Å². The van der Waals surface area contributed by atoms with E-state index in [4.69, 9.17) is 10.1 Å². The van der Waals surface area contributed by atoms with Crippen LogP contribution >= 0.6 is 0 Å². The lowest BCUT2D eigenvalue weighted by molar-refractivity contribution is 0.528. The van der Waals surface area contributed by atoms with Crippen molar-refractivity contribution < 1.29 is 8.42 Å². The van der Waals surface area contributed by atoms with Crippen molar-refractivity contribution in [3.63, 3.8) is 0 Å². The largest absolute Gasteiger partial charge is 0.337 e. The molecule has 1 aliphatic carbocycles. The van der Waals surface area contributed by atoms with Gasteiger partial charge in [-0.25, -0.2) is 18.1 Å². The average molecular weight is 359 g/mol. The van der Waals surface area contributed by atoms with Crippen LogP contribution in [0.1, 0.15) is 37.6 Å². The van der Waals surface area contributed by atoms with Crippen LogP contribution in [-0.2, 0) is 22.9 Å². The third-order valence-corrected chi connectivity index (χ3v) is 6.09. The van der Waals surface area contributed by atoms with E-state index in [1.807, 2.05) is 4.68 Å². The van der Waals surface area contributed by atoms with E-state index < -0.39 is 10.0 Å². The number of aromatic amines is 1. The zero-order chi connectivity index (χ0) is 17.8. The minimum Gasteiger partial charge on any atom is -0.337 e. The summed E-state index contributed by atoms with van der Waals surface area (Å²) in [6.45, 7) is 4.21. The van der Waals surface area contributed by atoms with Crippen molar-refractivity contribution >= 4 is 21.1 Å². The first-order valence-electron chi connectivity index (χ1n) is 8.44. The van der Waals surface area contributed by atoms with Crippen LogP contribution in [0.4, 0.5) is 0 Å². The van der Waals surface area contributed by atoms with Crippen molar-refractivity contribution in [1.82, 2.24) is 24.5 Å². The Bertz CT molecular complexity index is 1060. The van der Waals surface area contributed by atoms with Gasteiger partial charge in [0.1, 0.15) is 5.69 Å². The molecule has 2 aromatic heterocycles. The maximum atomic E-state index is 12.0. The Kier molecular flexibility index (Phi) is 3.69. The van der Waals surface area contributed by atoms with Gasteiger partial charge in [-0.15, -0.1) is 0 Å². The van der Waals surface area contributed by atoms with Crippen LogP contribution in [0.3, 0.4) is 0 Å². The highest BCUT2D eigenvalue weighted by molar-refractivity contribution is 7.89. The van der Waals surface area contributed by atoms with E-state index in [1.54, 1.807) is 18.2 Å². The topological polar surface area (TPSA) is 92.7 Å². The highest BCUT2D eigenvalue weighted by atomic mass is 32.2. The fraction of sp³-hybridized carbons (Fsp3) is 0.412. The molecular formula is C17H21N5O2S. The molecule has 4 rings (SSSR count). The zero-order valence-electron chi connectivity index (χ0n) is 14.5. The molecule has 7 nitrogen and oxygen atoms in total. The van der Waals surface area contributed by atoms with Crippen molar-refractivity contribution in [3.05, 3.63) is 29.5 Å². The summed E-state index contributed by atoms with van der Waals surface area (Å²) >= 11 is 0. The Hall–Kier alpha value is -2.19. The van der Waals surface area contributed by atoms with Gasteiger partial charge in [0.2, 0.25) is 10.0 Å². The van der Waals surface area contributed by atoms with Crippen LogP contribution in [0.5, 0.6) is 0 Å². The monoisotopic (exact) mass is 359 g/mol. The van der Waals surface area contributed by atoms with Crippen LogP contribution in [-0.4, -0.2) is 35.2 Å². The van der Waals surface area contributed by atoms with E-state index in [0.717, 1.165) is 42.0 Å². The van der Waals surface area contributed by atoms with E-state index in [9.17, 15) is 8.42 Å². The molecule has 0 saturated heterocycles. The Labute approximate surface area is 146 Å². The lowest BCUT2D eigenvalue weighted by atomic mass is 10.2. The fourth-order valence-electron chi connectivity index (χ4n) is 3.42. The molecule has 0 fully saturated rings. The molecule has 2 heterocycles. The number of benzene rings is 1. The third-order valence-electron chi connectivity index (χ3n) is 4.68. The maximum absolute atomic E-state index is 12.0. The molecule has 0 amide bonds. The molecule has 1 aromatic carbocycles. The molecule has 2 N–H and O–H groups in total. The number of rotatable bonds is 4. The molecule has 132 valence electrons. The Morgan fingerprint density at radius 1 is 1.28 bits per heavy atom. The first-order chi connectivity index (χ1) is 11.9. The zero-order valence-corrected chi connectivity index (χ0v) is 15.3. The van der Waals surface area contributed by atoms with E-state index in [1.165, 1.54) is 12.6 Å². The lowest BCUT2D eigenvalue weighted by Crippen LogP contribution is -2.18. The number of fused-ring (bicyclic) bond motifs is 2. The first kappa shape index (κ1) is 16.3. The van der Waals surface area contributed by atoms with Gasteiger partial charge in [-0.05, 0) is 58.4 Å². The minimum absolute atomic E-state index is 0.222. The van der Waals surface area contributed by atoms with E-state index >= 15 is 0 Å². The molecule has 0 bridgehead atoms. The van der Waals surface area contributed by atoms with Gasteiger partial charge in [-0.1, -0.05) is 0 Å². The number of nitrogens with zero attached hydrogens (tertiary/aromatic N) is 3. The Balaban J connectivity index is 1.89. The van der Waals surface area contributed by atoms with Crippen LogP contribution in [0.2, 0.25) is 0 Å². The summed E-state index contributed by atoms with van der Waals surface area (Å²) < 4.78 is 28.4. The number of aromatic nitrogens is 4. The van der Waals surface area contributed by atoms with Gasteiger partial charge in [0.25, 0.3) is 0 Å². The predicted molar refractivity (Wildman–Crippen MR) is 96.0 cm³/mol. The maximum Gasteiger partial charge on any atom is 0.240 e. The summed E-state index contributed by atoms with van der Waals surface area (Å²) in [5.74, 6) is 0.748. The van der Waals surface area contributed by atoms with Crippen LogP contribution in [0, 0.1) is 0 Å². The van der Waals surface area contributed by atoms with Gasteiger partial charge in [0.05, 0.1) is 21.6 Å². The van der Waals surface area contributed by atoms with Crippen molar-refractivity contribution in [3.8, 4) is 11.5 Å². The lowest BCUT2D eigenvalue weighted by Gasteiger charge is -2.10. The Morgan fingerprint density at radius 3 is 2.80 bits per heavy atom. The molecule has 0 aliphatic heterocycles. The normalized spacial score (nSPS) is 14.6. The number of aryl methyl sites for hydroxylation is 1. The fourth-order valence-corrected chi connectivity index (χ4v) is 4.18. The van der Waals surface area contributed by atoms with Crippen LogP contribution in [0.25, 0.3) is 22.6 Å². The highest BCUT2D eigenvalue weighted by Gasteiger charge is 2.26. The van der Waals surface area contributed by atoms with Crippen LogP contribution in [0.15, 0.2) is 23.1 Å². The molecular weight excluding hydrogens is 338 g/mol. The van der Waals surface area contributed by atoms with Crippen molar-refractivity contribution in [2.75, 3.05) is 7.05 Å². The molecule has 0 saturated carbocycles. The summed E-state index contributed by atoms with van der Waals surface area (Å²) in [7, 11) is -2.08. The summed E-state index contributed by atoms with van der Waals surface area (Å²) in [4.78, 5) is 8.21. The summed E-state index contributed by atoms with van der Waals surface area (Å²) in [6.07, 6.45) is 3.13. The predicted octanol–water partition coefficient (Wildman–Crippen LogP) is 2.40. The quantitative estimate of drug-likeness (QED) is 0.748. The standard InChI is InChI=1S/C17H21N5O2S/c1-10(2)22-16(12-5-4-6-13(12)21-22)17-19-14-8-7-11(9-15(14)20-17)25(23,24)18-3/h7-10,18H,4-6H2,1-3H3,(H,19,20). The smallest absolute Gasteiger partial charge is 0.240 e. The van der Waals surface area contributed by atoms with E-state index in [2.05, 4.69) is 23.6 Å². The number of imidazole rings is 1. The molecule has 0 radical (unpaired) electrons. The molecule has 0 spiro atoms. The summed E-state index contributed by atoms with van der Waals surface area (Å²) in [6, 6.07) is 5.15. The number of nitrogens with one attached hydrogen (secondary N) is 2. The Morgan fingerprint density at radius 2 is 2.08 bits per heavy atom. The van der Waals surface area contributed by atoms with Gasteiger partial charge in [-0.3, -0.25) is 4.68 Å². The molecule has 25 heavy (non-hydrogen) atoms. The second-order valence-corrected chi connectivity index (χ2v) is 8.52. The second kappa shape index (κ2) is 5.67. The number of hydrogen-bond acceptors (Lipinski definition) is 4. The van der Waals surface area contributed by atoms with Crippen molar-refractivity contribution in [2.45, 2.75) is 44.0 Å². The molecule has 1 aliphatic rings. The number of sulfonamides is 1. The van der Waals surface area contributed by atoms with Crippen molar-refractivity contribution in [1.29, 1.82) is 0 Å². The number of hydrogen-bond donors (Lipinski definition) is 2. The molecule has 0 atom stereocenters. The second-order valence-electron chi connectivity index (χ2n) is 6.64. The first-order valence-corrected chi connectivity index (χ1v) is 9.93. The highest BCUT2D eigenvalue weighted by Crippen LogP contribution is 2.34. The summed E-state index contributed by atoms with van der Waals surface area (Å²) in [5, 5.41) is 4.76. The van der Waals surface area contributed by atoms with E-state index in [0.29, 0.717) is 5.52 Å². The minimum atomic E-state index is -3.48. The molecule has 0 unspecified atom stereocenters. The van der Waals surface area contributed by atoms with Crippen molar-refractivity contribution in [2.24, 2.45) is 0 Å². The molecule has 8 heteroatoms. The van der Waals surface area contributed by atoms with Gasteiger partial charge in [-0.2, -0.15) is 5.10 Å². The van der Waals surface area contributed by atoms with Gasteiger partial charge < -0.3 is 4.98 Å². The third kappa shape index (κ3) is 2.56. The summed E-state index contributed by atoms with van der Waals surface area (Å²) in [5.41, 5.74) is 4.89. The molecule has 3 aromatic rings. The SMILES string of the molecule is CNS(=O)(=O)c1ccc2nc(-c3c4c(nn3C(C)C)CCC4)[nH]c2c1. The average Bonchev–Trinajstić information content (AvgIpc) is 3.26. The van der Waals surface area contributed by atoms with Gasteiger partial charge in [0.15, 0.2) is 5.82 Å². The van der Waals surface area contributed by atoms with Gasteiger partial charge >= 0.3 is 0 Å². The van der Waals surface area contributed by atoms with E-state index in [-0.39, 0.29) is 10.9 Å².